The molecule has 0 fully saturated rings. The fraction of sp³-hybridized carbons (Fsp3) is 1.00. The van der Waals surface area contributed by atoms with Gasteiger partial charge in [0.25, 0.3) is 0 Å². The van der Waals surface area contributed by atoms with Gasteiger partial charge in [0.2, 0.25) is 0 Å². The van der Waals surface area contributed by atoms with E-state index in [0.717, 1.165) is 39.0 Å². The molecule has 2 N–H and O–H groups in total. The predicted molar refractivity (Wildman–Crippen MR) is 79.1 cm³/mol. The molecule has 1 unspecified atom stereocenters. The highest BCUT2D eigenvalue weighted by molar-refractivity contribution is 4.81. The molecule has 18 heavy (non-hydrogen) atoms. The van der Waals surface area contributed by atoms with Crippen LogP contribution in [0.25, 0.3) is 0 Å². The van der Waals surface area contributed by atoms with Gasteiger partial charge in [-0.2, -0.15) is 0 Å². The number of nitrogens with one attached hydrogen (secondary N) is 1. The third kappa shape index (κ3) is 8.86. The molecule has 0 radical (unpaired) electrons. The van der Waals surface area contributed by atoms with Gasteiger partial charge in [0.1, 0.15) is 0 Å². The zero-order chi connectivity index (χ0) is 14.0. The Morgan fingerprint density at radius 3 is 2.22 bits per heavy atom. The largest absolute Gasteiger partial charge is 0.394 e. The van der Waals surface area contributed by atoms with Gasteiger partial charge < -0.3 is 20.2 Å². The van der Waals surface area contributed by atoms with Crippen LogP contribution in [0, 0.1) is 0 Å². The molecule has 0 aromatic rings. The van der Waals surface area contributed by atoms with Crippen LogP contribution in [0.15, 0.2) is 0 Å². The van der Waals surface area contributed by atoms with Crippen LogP contribution in [-0.4, -0.2) is 74.4 Å². The summed E-state index contributed by atoms with van der Waals surface area (Å²) >= 11 is 0. The van der Waals surface area contributed by atoms with Gasteiger partial charge in [-0.25, -0.2) is 0 Å². The molecule has 0 bridgehead atoms. The van der Waals surface area contributed by atoms with E-state index >= 15 is 0 Å². The second kappa shape index (κ2) is 9.73. The number of unbranched alkanes of at least 4 members (excludes halogenated alkanes) is 1. The van der Waals surface area contributed by atoms with Crippen molar-refractivity contribution in [2.45, 2.75) is 38.6 Å². The third-order valence-corrected chi connectivity index (χ3v) is 3.40. The number of hydrogen-bond acceptors (Lipinski definition) is 4. The molecule has 0 aliphatic rings. The SMILES string of the molecule is CCNC(C)(CO)CCCCN(C)CCN(C)C. The predicted octanol–water partition coefficient (Wildman–Crippen LogP) is 1.01. The number of nitrogens with zero attached hydrogens (tertiary/aromatic N) is 2. The molecule has 110 valence electrons. The van der Waals surface area contributed by atoms with Gasteiger partial charge in [-0.3, -0.25) is 0 Å². The van der Waals surface area contributed by atoms with Crippen molar-refractivity contribution >= 4 is 0 Å². The lowest BCUT2D eigenvalue weighted by Crippen LogP contribution is -2.45. The van der Waals surface area contributed by atoms with Crippen molar-refractivity contribution in [2.24, 2.45) is 0 Å². The minimum Gasteiger partial charge on any atom is -0.394 e. The standard InChI is InChI=1S/C14H33N3O/c1-6-15-14(2,13-18)9-7-8-10-17(5)12-11-16(3)4/h15,18H,6-13H2,1-5H3. The van der Waals surface area contributed by atoms with E-state index in [2.05, 4.69) is 50.1 Å². The van der Waals surface area contributed by atoms with E-state index in [1.807, 2.05) is 0 Å². The first kappa shape index (κ1) is 17.8. The molecule has 0 aromatic carbocycles. The van der Waals surface area contributed by atoms with Gasteiger partial charge in [-0.15, -0.1) is 0 Å². The zero-order valence-corrected chi connectivity index (χ0v) is 13.0. The Balaban J connectivity index is 3.65. The summed E-state index contributed by atoms with van der Waals surface area (Å²) in [7, 11) is 6.40. The minimum atomic E-state index is -0.100. The Bertz CT molecular complexity index is 199. The van der Waals surface area contributed by atoms with Crippen LogP contribution in [0.5, 0.6) is 0 Å². The van der Waals surface area contributed by atoms with Crippen molar-refractivity contribution in [2.75, 3.05) is 53.9 Å². The summed E-state index contributed by atoms with van der Waals surface area (Å²) in [5.41, 5.74) is -0.100. The van der Waals surface area contributed by atoms with Crippen LogP contribution in [0.3, 0.4) is 0 Å². The highest BCUT2D eigenvalue weighted by Gasteiger charge is 2.20. The maximum Gasteiger partial charge on any atom is 0.0610 e. The van der Waals surface area contributed by atoms with Gasteiger partial charge in [0.05, 0.1) is 6.61 Å². The van der Waals surface area contributed by atoms with Crippen LogP contribution >= 0.6 is 0 Å². The lowest BCUT2D eigenvalue weighted by Gasteiger charge is -2.28. The Morgan fingerprint density at radius 1 is 1.06 bits per heavy atom. The molecule has 0 aliphatic heterocycles. The maximum absolute atomic E-state index is 9.39. The molecule has 0 aromatic heterocycles. The third-order valence-electron chi connectivity index (χ3n) is 3.40. The number of rotatable bonds is 11. The van der Waals surface area contributed by atoms with Crippen LogP contribution in [-0.2, 0) is 0 Å². The maximum atomic E-state index is 9.39. The van der Waals surface area contributed by atoms with E-state index in [9.17, 15) is 5.11 Å². The lowest BCUT2D eigenvalue weighted by atomic mass is 9.95. The normalized spacial score (nSPS) is 15.3. The molecule has 0 heterocycles. The summed E-state index contributed by atoms with van der Waals surface area (Å²) in [5.74, 6) is 0. The number of aliphatic hydroxyl groups excluding tert-OH is 1. The van der Waals surface area contributed by atoms with Gasteiger partial charge in [0, 0.05) is 18.6 Å². The average molecular weight is 259 g/mol. The van der Waals surface area contributed by atoms with Crippen LogP contribution in [0.2, 0.25) is 0 Å². The van der Waals surface area contributed by atoms with Gasteiger partial charge in [-0.05, 0) is 54.0 Å². The molecule has 0 saturated carbocycles. The van der Waals surface area contributed by atoms with E-state index in [-0.39, 0.29) is 12.1 Å². The first-order valence-electron chi connectivity index (χ1n) is 7.12. The molecule has 0 spiro atoms. The monoisotopic (exact) mass is 259 g/mol. The first-order valence-corrected chi connectivity index (χ1v) is 7.12. The van der Waals surface area contributed by atoms with E-state index in [0.29, 0.717) is 0 Å². The Hall–Kier alpha value is -0.160. The highest BCUT2D eigenvalue weighted by atomic mass is 16.3. The van der Waals surface area contributed by atoms with Crippen molar-refractivity contribution in [1.29, 1.82) is 0 Å². The minimum absolute atomic E-state index is 0.100. The quantitative estimate of drug-likeness (QED) is 0.543. The van der Waals surface area contributed by atoms with Crippen LogP contribution < -0.4 is 5.32 Å². The first-order chi connectivity index (χ1) is 8.43. The summed E-state index contributed by atoms with van der Waals surface area (Å²) in [6.45, 7) is 8.70. The highest BCUT2D eigenvalue weighted by Crippen LogP contribution is 2.13. The van der Waals surface area contributed by atoms with Gasteiger partial charge >= 0.3 is 0 Å². The molecule has 0 saturated heterocycles. The van der Waals surface area contributed by atoms with E-state index in [1.54, 1.807) is 0 Å². The molecular formula is C14H33N3O. The lowest BCUT2D eigenvalue weighted by molar-refractivity contribution is 0.163. The van der Waals surface area contributed by atoms with Crippen molar-refractivity contribution < 1.29 is 5.11 Å². The number of aliphatic hydroxyl groups is 1. The van der Waals surface area contributed by atoms with Gasteiger partial charge in [0.15, 0.2) is 0 Å². The Kier molecular flexibility index (Phi) is 9.64. The molecule has 4 heteroatoms. The van der Waals surface area contributed by atoms with Crippen molar-refractivity contribution in [1.82, 2.24) is 15.1 Å². The summed E-state index contributed by atoms with van der Waals surface area (Å²) in [4.78, 5) is 4.59. The number of hydrogen-bond donors (Lipinski definition) is 2. The molecule has 0 amide bonds. The second-order valence-electron chi connectivity index (χ2n) is 5.81. The Morgan fingerprint density at radius 2 is 1.72 bits per heavy atom. The number of likely N-dealkylation sites (N-methyl/N-ethyl adjacent to an activating group) is 3. The van der Waals surface area contributed by atoms with E-state index < -0.39 is 0 Å². The average Bonchev–Trinajstić information content (AvgIpc) is 2.32. The summed E-state index contributed by atoms with van der Waals surface area (Å²) in [6.07, 6.45) is 3.40. The molecule has 0 rings (SSSR count). The van der Waals surface area contributed by atoms with Gasteiger partial charge in [-0.1, -0.05) is 13.3 Å². The van der Waals surface area contributed by atoms with E-state index in [1.165, 1.54) is 6.42 Å². The van der Waals surface area contributed by atoms with E-state index in [4.69, 9.17) is 0 Å². The zero-order valence-electron chi connectivity index (χ0n) is 13.0. The summed E-state index contributed by atoms with van der Waals surface area (Å²) in [5, 5.41) is 12.8. The topological polar surface area (TPSA) is 38.7 Å². The molecule has 1 atom stereocenters. The van der Waals surface area contributed by atoms with Crippen LogP contribution in [0.1, 0.15) is 33.1 Å². The second-order valence-corrected chi connectivity index (χ2v) is 5.81. The van der Waals surface area contributed by atoms with Crippen molar-refractivity contribution in [3.05, 3.63) is 0 Å². The fourth-order valence-corrected chi connectivity index (χ4v) is 2.03. The smallest absolute Gasteiger partial charge is 0.0610 e. The molecule has 4 nitrogen and oxygen atoms in total. The van der Waals surface area contributed by atoms with Crippen LogP contribution in [0.4, 0.5) is 0 Å². The molecule has 0 aliphatic carbocycles. The summed E-state index contributed by atoms with van der Waals surface area (Å²) < 4.78 is 0. The van der Waals surface area contributed by atoms with Crippen molar-refractivity contribution in [3.8, 4) is 0 Å². The fourth-order valence-electron chi connectivity index (χ4n) is 2.03. The summed E-state index contributed by atoms with van der Waals surface area (Å²) in [6, 6.07) is 0. The molecular weight excluding hydrogens is 226 g/mol. The van der Waals surface area contributed by atoms with Crippen molar-refractivity contribution in [3.63, 3.8) is 0 Å². The Labute approximate surface area is 113 Å².